The minimum absolute atomic E-state index is 0.106. The molecule has 0 atom stereocenters. The Balaban J connectivity index is 2.23. The van der Waals surface area contributed by atoms with E-state index in [1.54, 1.807) is 12.0 Å². The minimum Gasteiger partial charge on any atom is -0.497 e. The van der Waals surface area contributed by atoms with Gasteiger partial charge >= 0.3 is 0 Å². The van der Waals surface area contributed by atoms with Gasteiger partial charge in [-0.3, -0.25) is 4.79 Å². The van der Waals surface area contributed by atoms with Gasteiger partial charge in [0.2, 0.25) is 5.91 Å². The van der Waals surface area contributed by atoms with Gasteiger partial charge in [-0.1, -0.05) is 6.07 Å². The van der Waals surface area contributed by atoms with Crippen LogP contribution in [0.1, 0.15) is 0 Å². The summed E-state index contributed by atoms with van der Waals surface area (Å²) < 4.78 is 5.13. The lowest BCUT2D eigenvalue weighted by Gasteiger charge is -2.27. The Morgan fingerprint density at radius 3 is 3.07 bits per heavy atom. The molecule has 0 unspecified atom stereocenters. The highest BCUT2D eigenvalue weighted by Crippen LogP contribution is 2.21. The van der Waals surface area contributed by atoms with Crippen molar-refractivity contribution in [3.8, 4) is 5.75 Å². The summed E-state index contributed by atoms with van der Waals surface area (Å²) in [5.74, 6) is 0.883. The predicted molar refractivity (Wildman–Crippen MR) is 58.2 cm³/mol. The van der Waals surface area contributed by atoms with Gasteiger partial charge in [-0.15, -0.1) is 0 Å². The molecular weight excluding hydrogens is 192 g/mol. The van der Waals surface area contributed by atoms with Crippen LogP contribution in [0.25, 0.3) is 0 Å². The third kappa shape index (κ3) is 2.10. The number of ether oxygens (including phenoxy) is 1. The molecule has 1 aromatic rings. The molecule has 2 rings (SSSR count). The highest BCUT2D eigenvalue weighted by Gasteiger charge is 2.19. The van der Waals surface area contributed by atoms with E-state index in [-0.39, 0.29) is 5.91 Å². The molecule has 4 nitrogen and oxygen atoms in total. The van der Waals surface area contributed by atoms with Crippen molar-refractivity contribution >= 4 is 11.6 Å². The van der Waals surface area contributed by atoms with Crippen molar-refractivity contribution in [1.29, 1.82) is 0 Å². The molecule has 1 aromatic carbocycles. The molecule has 1 amide bonds. The van der Waals surface area contributed by atoms with E-state index in [9.17, 15) is 4.79 Å². The van der Waals surface area contributed by atoms with E-state index < -0.39 is 0 Å². The van der Waals surface area contributed by atoms with Gasteiger partial charge in [0.1, 0.15) is 5.75 Å². The van der Waals surface area contributed by atoms with Gasteiger partial charge in [0, 0.05) is 24.8 Å². The molecule has 1 saturated heterocycles. The fourth-order valence-electron chi connectivity index (χ4n) is 1.66. The van der Waals surface area contributed by atoms with Crippen LogP contribution in [-0.4, -0.2) is 32.7 Å². The van der Waals surface area contributed by atoms with E-state index in [0.717, 1.165) is 18.0 Å². The molecule has 0 radical (unpaired) electrons. The maximum atomic E-state index is 11.6. The molecule has 1 N–H and O–H groups in total. The number of carbonyl (C=O) groups is 1. The van der Waals surface area contributed by atoms with Gasteiger partial charge in [-0.2, -0.15) is 0 Å². The first-order valence-corrected chi connectivity index (χ1v) is 4.96. The molecule has 0 aliphatic carbocycles. The van der Waals surface area contributed by atoms with Gasteiger partial charge in [-0.25, -0.2) is 0 Å². The molecule has 0 bridgehead atoms. The van der Waals surface area contributed by atoms with Crippen LogP contribution in [0.15, 0.2) is 24.3 Å². The van der Waals surface area contributed by atoms with Gasteiger partial charge in [0.25, 0.3) is 0 Å². The van der Waals surface area contributed by atoms with Crippen LogP contribution in [0.5, 0.6) is 5.75 Å². The smallest absolute Gasteiger partial charge is 0.240 e. The maximum absolute atomic E-state index is 11.6. The highest BCUT2D eigenvalue weighted by molar-refractivity contribution is 5.95. The molecule has 1 aliphatic rings. The fraction of sp³-hybridized carbons (Fsp3) is 0.364. The second-order valence-electron chi connectivity index (χ2n) is 3.42. The number of nitrogens with zero attached hydrogens (tertiary/aromatic N) is 1. The summed E-state index contributed by atoms with van der Waals surface area (Å²) in [6.07, 6.45) is 0. The predicted octanol–water partition coefficient (Wildman–Crippen LogP) is 0.631. The molecular formula is C11H14N2O2. The van der Waals surface area contributed by atoms with Crippen LogP contribution < -0.4 is 15.0 Å². The van der Waals surface area contributed by atoms with Crippen molar-refractivity contribution in [3.63, 3.8) is 0 Å². The van der Waals surface area contributed by atoms with Crippen LogP contribution in [0.3, 0.4) is 0 Å². The van der Waals surface area contributed by atoms with E-state index in [4.69, 9.17) is 4.74 Å². The topological polar surface area (TPSA) is 41.6 Å². The number of piperazine rings is 1. The summed E-state index contributed by atoms with van der Waals surface area (Å²) in [4.78, 5) is 13.4. The summed E-state index contributed by atoms with van der Waals surface area (Å²) in [5, 5.41) is 3.04. The number of carbonyl (C=O) groups excluding carboxylic acids is 1. The standard InChI is InChI=1S/C11H14N2O2/c1-15-10-4-2-3-9(7-10)13-6-5-12-8-11(13)14/h2-4,7,12H,5-6,8H2,1H3. The summed E-state index contributed by atoms with van der Waals surface area (Å²) in [5.41, 5.74) is 0.904. The zero-order valence-corrected chi connectivity index (χ0v) is 8.69. The Hall–Kier alpha value is -1.55. The normalized spacial score (nSPS) is 16.6. The van der Waals surface area contributed by atoms with E-state index >= 15 is 0 Å². The molecule has 0 saturated carbocycles. The zero-order chi connectivity index (χ0) is 10.7. The third-order valence-electron chi connectivity index (χ3n) is 2.45. The van der Waals surface area contributed by atoms with E-state index in [1.165, 1.54) is 0 Å². The number of benzene rings is 1. The van der Waals surface area contributed by atoms with E-state index in [0.29, 0.717) is 13.1 Å². The largest absolute Gasteiger partial charge is 0.497 e. The quantitative estimate of drug-likeness (QED) is 0.771. The van der Waals surface area contributed by atoms with Crippen molar-refractivity contribution in [2.75, 3.05) is 31.6 Å². The third-order valence-corrected chi connectivity index (χ3v) is 2.45. The number of anilines is 1. The van der Waals surface area contributed by atoms with Gasteiger partial charge in [-0.05, 0) is 12.1 Å². The molecule has 0 spiro atoms. The molecule has 15 heavy (non-hydrogen) atoms. The summed E-state index contributed by atoms with van der Waals surface area (Å²) in [7, 11) is 1.62. The zero-order valence-electron chi connectivity index (χ0n) is 8.69. The number of amides is 1. The molecule has 1 heterocycles. The first-order valence-electron chi connectivity index (χ1n) is 4.96. The lowest BCUT2D eigenvalue weighted by atomic mass is 10.2. The van der Waals surface area contributed by atoms with Crippen LogP contribution in [0.2, 0.25) is 0 Å². The van der Waals surface area contributed by atoms with E-state index in [1.807, 2.05) is 24.3 Å². The fourth-order valence-corrected chi connectivity index (χ4v) is 1.66. The van der Waals surface area contributed by atoms with Crippen LogP contribution >= 0.6 is 0 Å². The Bertz CT molecular complexity index is 365. The van der Waals surface area contributed by atoms with Gasteiger partial charge in [0.15, 0.2) is 0 Å². The molecule has 0 aromatic heterocycles. The second kappa shape index (κ2) is 4.31. The number of hydrogen-bond donors (Lipinski definition) is 1. The number of hydrogen-bond acceptors (Lipinski definition) is 3. The average Bonchev–Trinajstić information content (AvgIpc) is 2.30. The summed E-state index contributed by atoms with van der Waals surface area (Å²) >= 11 is 0. The number of methoxy groups -OCH3 is 1. The van der Waals surface area contributed by atoms with Crippen LogP contribution in [0.4, 0.5) is 5.69 Å². The number of rotatable bonds is 2. The Morgan fingerprint density at radius 1 is 1.47 bits per heavy atom. The summed E-state index contributed by atoms with van der Waals surface area (Å²) in [6.45, 7) is 1.96. The van der Waals surface area contributed by atoms with Crippen LogP contribution in [0, 0.1) is 0 Å². The Labute approximate surface area is 88.8 Å². The molecule has 1 fully saturated rings. The lowest BCUT2D eigenvalue weighted by Crippen LogP contribution is -2.48. The Morgan fingerprint density at radius 2 is 2.33 bits per heavy atom. The van der Waals surface area contributed by atoms with Gasteiger partial charge in [0.05, 0.1) is 13.7 Å². The van der Waals surface area contributed by atoms with Crippen LogP contribution in [-0.2, 0) is 4.79 Å². The molecule has 4 heteroatoms. The first-order chi connectivity index (χ1) is 7.31. The first kappa shape index (κ1) is 9.98. The Kier molecular flexibility index (Phi) is 2.87. The minimum atomic E-state index is 0.106. The lowest BCUT2D eigenvalue weighted by molar-refractivity contribution is -0.118. The maximum Gasteiger partial charge on any atom is 0.240 e. The average molecular weight is 206 g/mol. The van der Waals surface area contributed by atoms with Crippen molar-refractivity contribution in [2.45, 2.75) is 0 Å². The SMILES string of the molecule is COc1cccc(N2CCNCC2=O)c1. The van der Waals surface area contributed by atoms with E-state index in [2.05, 4.69) is 5.32 Å². The van der Waals surface area contributed by atoms with Crippen molar-refractivity contribution in [3.05, 3.63) is 24.3 Å². The highest BCUT2D eigenvalue weighted by atomic mass is 16.5. The molecule has 1 aliphatic heterocycles. The van der Waals surface area contributed by atoms with Crippen molar-refractivity contribution < 1.29 is 9.53 Å². The molecule has 80 valence electrons. The van der Waals surface area contributed by atoms with Crippen molar-refractivity contribution in [1.82, 2.24) is 5.32 Å². The number of nitrogens with one attached hydrogen (secondary N) is 1. The van der Waals surface area contributed by atoms with Gasteiger partial charge < -0.3 is 15.0 Å². The summed E-state index contributed by atoms with van der Waals surface area (Å²) in [6, 6.07) is 7.56. The van der Waals surface area contributed by atoms with Crippen molar-refractivity contribution in [2.24, 2.45) is 0 Å². The second-order valence-corrected chi connectivity index (χ2v) is 3.42. The monoisotopic (exact) mass is 206 g/mol.